The number of aryl methyl sites for hydroxylation is 1. The molecule has 0 radical (unpaired) electrons. The fourth-order valence-corrected chi connectivity index (χ4v) is 1.73. The normalized spacial score (nSPS) is 10.5. The van der Waals surface area contributed by atoms with Crippen molar-refractivity contribution in [1.29, 1.82) is 0 Å². The number of carbonyl (C=O) groups is 1. The molecule has 0 heterocycles. The van der Waals surface area contributed by atoms with Crippen LogP contribution >= 0.6 is 0 Å². The van der Waals surface area contributed by atoms with Crippen molar-refractivity contribution in [3.8, 4) is 0 Å². The number of non-ortho nitro benzene ring substituents is 1. The predicted octanol–water partition coefficient (Wildman–Crippen LogP) is 2.67. The van der Waals surface area contributed by atoms with Gasteiger partial charge >= 0.3 is 0 Å². The van der Waals surface area contributed by atoms with Crippen LogP contribution in [0.4, 0.5) is 5.69 Å². The molecule has 6 nitrogen and oxygen atoms in total. The van der Waals surface area contributed by atoms with Gasteiger partial charge in [0.1, 0.15) is 0 Å². The van der Waals surface area contributed by atoms with Crippen LogP contribution in [0.2, 0.25) is 0 Å². The molecule has 2 aromatic rings. The zero-order valence-corrected chi connectivity index (χ0v) is 11.3. The molecule has 2 aromatic carbocycles. The summed E-state index contributed by atoms with van der Waals surface area (Å²) in [6.07, 6.45) is 1.36. The smallest absolute Gasteiger partial charge is 0.267 e. The van der Waals surface area contributed by atoms with Crippen molar-refractivity contribution in [3.63, 3.8) is 0 Å². The highest BCUT2D eigenvalue weighted by Gasteiger charge is 2.05. The molecule has 106 valence electrons. The van der Waals surface area contributed by atoms with Crippen LogP contribution in [0.5, 0.6) is 0 Å². The molecule has 0 aliphatic carbocycles. The van der Waals surface area contributed by atoms with E-state index in [1.54, 1.807) is 30.3 Å². The SMILES string of the molecule is Cc1cccc(C(=O)N/N=C\c2cccc([N+](=O)[O-])c2)c1. The molecule has 0 fully saturated rings. The van der Waals surface area contributed by atoms with Crippen molar-refractivity contribution in [2.24, 2.45) is 5.10 Å². The number of nitro groups is 1. The molecule has 21 heavy (non-hydrogen) atoms. The van der Waals surface area contributed by atoms with Gasteiger partial charge in [0.2, 0.25) is 0 Å². The summed E-state index contributed by atoms with van der Waals surface area (Å²) in [4.78, 5) is 22.0. The summed E-state index contributed by atoms with van der Waals surface area (Å²) in [7, 11) is 0. The van der Waals surface area contributed by atoms with Crippen LogP contribution in [-0.2, 0) is 0 Å². The van der Waals surface area contributed by atoms with Crippen molar-refractivity contribution >= 4 is 17.8 Å². The second-order valence-corrected chi connectivity index (χ2v) is 4.42. The molecule has 1 amide bonds. The minimum absolute atomic E-state index is 0.0241. The van der Waals surface area contributed by atoms with Gasteiger partial charge in [-0.2, -0.15) is 5.10 Å². The van der Waals surface area contributed by atoms with Gasteiger partial charge in [-0.15, -0.1) is 0 Å². The molecule has 0 spiro atoms. The Morgan fingerprint density at radius 2 is 2.00 bits per heavy atom. The van der Waals surface area contributed by atoms with Crippen molar-refractivity contribution < 1.29 is 9.72 Å². The summed E-state index contributed by atoms with van der Waals surface area (Å²) in [5.41, 5.74) is 4.38. The molecule has 0 aliphatic rings. The largest absolute Gasteiger partial charge is 0.271 e. The number of carbonyl (C=O) groups excluding carboxylic acids is 1. The molecule has 0 unspecified atom stereocenters. The number of benzene rings is 2. The maximum atomic E-state index is 11.8. The van der Waals surface area contributed by atoms with Gasteiger partial charge in [0, 0.05) is 23.3 Å². The zero-order chi connectivity index (χ0) is 15.2. The van der Waals surface area contributed by atoms with E-state index in [1.165, 1.54) is 18.3 Å². The van der Waals surface area contributed by atoms with E-state index in [9.17, 15) is 14.9 Å². The lowest BCUT2D eigenvalue weighted by atomic mass is 10.1. The lowest BCUT2D eigenvalue weighted by Gasteiger charge is -2.00. The number of hydrazone groups is 1. The quantitative estimate of drug-likeness (QED) is 0.532. The number of amides is 1. The van der Waals surface area contributed by atoms with Crippen molar-refractivity contribution in [3.05, 3.63) is 75.3 Å². The zero-order valence-electron chi connectivity index (χ0n) is 11.3. The first-order valence-electron chi connectivity index (χ1n) is 6.21. The Morgan fingerprint density at radius 1 is 1.24 bits per heavy atom. The van der Waals surface area contributed by atoms with Gasteiger partial charge in [0.25, 0.3) is 11.6 Å². The third-order valence-electron chi connectivity index (χ3n) is 2.74. The maximum Gasteiger partial charge on any atom is 0.271 e. The first kappa shape index (κ1) is 14.4. The van der Waals surface area contributed by atoms with Gasteiger partial charge in [-0.3, -0.25) is 14.9 Å². The van der Waals surface area contributed by atoms with Crippen LogP contribution in [-0.4, -0.2) is 17.0 Å². The molecular weight excluding hydrogens is 270 g/mol. The average Bonchev–Trinajstić information content (AvgIpc) is 2.47. The van der Waals surface area contributed by atoms with E-state index in [-0.39, 0.29) is 11.6 Å². The highest BCUT2D eigenvalue weighted by atomic mass is 16.6. The number of hydrogen-bond acceptors (Lipinski definition) is 4. The van der Waals surface area contributed by atoms with E-state index in [0.717, 1.165) is 5.56 Å². The van der Waals surface area contributed by atoms with Crippen LogP contribution < -0.4 is 5.43 Å². The molecule has 0 aliphatic heterocycles. The van der Waals surface area contributed by atoms with E-state index in [2.05, 4.69) is 10.5 Å². The third kappa shape index (κ3) is 3.97. The van der Waals surface area contributed by atoms with Crippen molar-refractivity contribution in [2.75, 3.05) is 0 Å². The van der Waals surface area contributed by atoms with Gasteiger partial charge < -0.3 is 0 Å². The molecule has 0 atom stereocenters. The van der Waals surface area contributed by atoms with Crippen LogP contribution in [0.25, 0.3) is 0 Å². The third-order valence-corrected chi connectivity index (χ3v) is 2.74. The van der Waals surface area contributed by atoms with E-state index >= 15 is 0 Å². The van der Waals surface area contributed by atoms with E-state index in [1.807, 2.05) is 13.0 Å². The fraction of sp³-hybridized carbons (Fsp3) is 0.0667. The van der Waals surface area contributed by atoms with Gasteiger partial charge in [-0.05, 0) is 19.1 Å². The minimum Gasteiger partial charge on any atom is -0.267 e. The Hall–Kier alpha value is -3.02. The van der Waals surface area contributed by atoms with Crippen LogP contribution in [0, 0.1) is 17.0 Å². The van der Waals surface area contributed by atoms with E-state index in [0.29, 0.717) is 11.1 Å². The molecule has 1 N–H and O–H groups in total. The second kappa shape index (κ2) is 6.42. The highest BCUT2D eigenvalue weighted by Crippen LogP contribution is 2.11. The molecule has 0 saturated carbocycles. The predicted molar refractivity (Wildman–Crippen MR) is 79.3 cm³/mol. The van der Waals surface area contributed by atoms with Gasteiger partial charge in [0.15, 0.2) is 0 Å². The summed E-state index contributed by atoms with van der Waals surface area (Å²) in [6.45, 7) is 1.89. The topological polar surface area (TPSA) is 84.6 Å². The molecule has 0 bridgehead atoms. The lowest BCUT2D eigenvalue weighted by molar-refractivity contribution is -0.384. The Bertz CT molecular complexity index is 711. The first-order valence-corrected chi connectivity index (χ1v) is 6.21. The van der Waals surface area contributed by atoms with Crippen LogP contribution in [0.15, 0.2) is 53.6 Å². The summed E-state index contributed by atoms with van der Waals surface area (Å²) in [5, 5.41) is 14.4. The monoisotopic (exact) mass is 283 g/mol. The Labute approximate surface area is 121 Å². The number of nitrogens with one attached hydrogen (secondary N) is 1. The van der Waals surface area contributed by atoms with Gasteiger partial charge in [-0.25, -0.2) is 5.43 Å². The first-order chi connectivity index (χ1) is 10.1. The Balaban J connectivity index is 2.04. The maximum absolute atomic E-state index is 11.8. The summed E-state index contributed by atoms with van der Waals surface area (Å²) in [6, 6.07) is 13.1. The fourth-order valence-electron chi connectivity index (χ4n) is 1.73. The highest BCUT2D eigenvalue weighted by molar-refractivity contribution is 5.95. The van der Waals surface area contributed by atoms with Crippen LogP contribution in [0.3, 0.4) is 0 Å². The van der Waals surface area contributed by atoms with Crippen molar-refractivity contribution in [2.45, 2.75) is 6.92 Å². The number of hydrogen-bond donors (Lipinski definition) is 1. The number of nitro benzene ring substituents is 1. The van der Waals surface area contributed by atoms with Crippen LogP contribution in [0.1, 0.15) is 21.5 Å². The average molecular weight is 283 g/mol. The molecule has 2 rings (SSSR count). The number of rotatable bonds is 4. The summed E-state index contributed by atoms with van der Waals surface area (Å²) < 4.78 is 0. The standard InChI is InChI=1S/C15H13N3O3/c1-11-4-2-6-13(8-11)15(19)17-16-10-12-5-3-7-14(9-12)18(20)21/h2-10H,1H3,(H,17,19)/b16-10-. The number of nitrogens with zero attached hydrogens (tertiary/aromatic N) is 2. The molecule has 0 aromatic heterocycles. The second-order valence-electron chi connectivity index (χ2n) is 4.42. The summed E-state index contributed by atoms with van der Waals surface area (Å²) >= 11 is 0. The molecule has 6 heteroatoms. The van der Waals surface area contributed by atoms with E-state index < -0.39 is 4.92 Å². The Kier molecular flexibility index (Phi) is 4.40. The summed E-state index contributed by atoms with van der Waals surface area (Å²) in [5.74, 6) is -0.333. The molecule has 0 saturated heterocycles. The van der Waals surface area contributed by atoms with Crippen molar-refractivity contribution in [1.82, 2.24) is 5.43 Å². The Morgan fingerprint density at radius 3 is 2.71 bits per heavy atom. The lowest BCUT2D eigenvalue weighted by Crippen LogP contribution is -2.17. The molecular formula is C15H13N3O3. The van der Waals surface area contributed by atoms with Gasteiger partial charge in [-0.1, -0.05) is 29.8 Å². The van der Waals surface area contributed by atoms with E-state index in [4.69, 9.17) is 0 Å². The minimum atomic E-state index is -0.483. The van der Waals surface area contributed by atoms with Gasteiger partial charge in [0.05, 0.1) is 11.1 Å².